The van der Waals surface area contributed by atoms with Crippen molar-refractivity contribution in [2.24, 2.45) is 5.92 Å². The quantitative estimate of drug-likeness (QED) is 0.757. The van der Waals surface area contributed by atoms with E-state index in [-0.39, 0.29) is 11.6 Å². The van der Waals surface area contributed by atoms with Crippen molar-refractivity contribution in [2.75, 3.05) is 0 Å². The van der Waals surface area contributed by atoms with Gasteiger partial charge in [0.25, 0.3) is 5.34 Å². The summed E-state index contributed by atoms with van der Waals surface area (Å²) < 4.78 is 12.4. The van der Waals surface area contributed by atoms with Gasteiger partial charge in [-0.1, -0.05) is 34.9 Å². The summed E-state index contributed by atoms with van der Waals surface area (Å²) in [5.41, 5.74) is 1.21. The van der Waals surface area contributed by atoms with Gasteiger partial charge in [-0.2, -0.15) is 0 Å². The van der Waals surface area contributed by atoms with Crippen molar-refractivity contribution in [3.05, 3.63) is 35.9 Å². The second-order valence-electron chi connectivity index (χ2n) is 4.96. The Bertz CT molecular complexity index is 417. The van der Waals surface area contributed by atoms with Crippen LogP contribution in [0.5, 0.6) is 0 Å². The monoisotopic (exact) mass is 235 g/mol. The minimum Gasteiger partial charge on any atom is -0.348 e. The van der Waals surface area contributed by atoms with Crippen LogP contribution in [0.25, 0.3) is 0 Å². The molecule has 0 bridgehead atoms. The SMILES string of the molecule is O=[P+]1C(c2ccccc2)CC2CCCC21O. The van der Waals surface area contributed by atoms with Crippen molar-refractivity contribution in [1.29, 1.82) is 0 Å². The number of hydrogen-bond acceptors (Lipinski definition) is 2. The Labute approximate surface area is 96.5 Å². The number of hydrogen-bond donors (Lipinski definition) is 1. The van der Waals surface area contributed by atoms with Gasteiger partial charge in [-0.05, 0) is 12.8 Å². The molecule has 2 nitrogen and oxygen atoms in total. The van der Waals surface area contributed by atoms with Crippen LogP contribution in [0.3, 0.4) is 0 Å². The lowest BCUT2D eigenvalue weighted by molar-refractivity contribution is 0.0953. The van der Waals surface area contributed by atoms with E-state index in [0.717, 1.165) is 31.2 Å². The molecule has 0 amide bonds. The van der Waals surface area contributed by atoms with Crippen molar-refractivity contribution in [3.63, 3.8) is 0 Å². The highest BCUT2D eigenvalue weighted by molar-refractivity contribution is 7.47. The van der Waals surface area contributed by atoms with Gasteiger partial charge in [0.05, 0.1) is 0 Å². The van der Waals surface area contributed by atoms with E-state index in [1.807, 2.05) is 30.3 Å². The first kappa shape index (κ1) is 10.4. The fourth-order valence-corrected chi connectivity index (χ4v) is 5.62. The van der Waals surface area contributed by atoms with Gasteiger partial charge in [-0.15, -0.1) is 0 Å². The predicted octanol–water partition coefficient (Wildman–Crippen LogP) is 3.45. The average Bonchev–Trinajstić information content (AvgIpc) is 2.78. The van der Waals surface area contributed by atoms with Crippen molar-refractivity contribution in [1.82, 2.24) is 0 Å². The Kier molecular flexibility index (Phi) is 2.38. The van der Waals surface area contributed by atoms with E-state index in [0.29, 0.717) is 0 Å². The summed E-state index contributed by atoms with van der Waals surface area (Å²) in [5.74, 6) is 0.265. The minimum absolute atomic E-state index is 0.0755. The first-order valence-electron chi connectivity index (χ1n) is 5.95. The molecule has 1 aliphatic carbocycles. The van der Waals surface area contributed by atoms with Crippen LogP contribution in [0.15, 0.2) is 30.3 Å². The van der Waals surface area contributed by atoms with Gasteiger partial charge in [0.15, 0.2) is 5.66 Å². The molecule has 0 aromatic heterocycles. The largest absolute Gasteiger partial charge is 0.381 e. The Morgan fingerprint density at radius 1 is 1.31 bits per heavy atom. The summed E-state index contributed by atoms with van der Waals surface area (Å²) in [6.45, 7) is 0. The van der Waals surface area contributed by atoms with E-state index in [4.69, 9.17) is 0 Å². The fourth-order valence-electron chi connectivity index (χ4n) is 3.22. The molecule has 1 saturated heterocycles. The summed E-state index contributed by atoms with van der Waals surface area (Å²) in [6, 6.07) is 10.00. The average molecular weight is 235 g/mol. The van der Waals surface area contributed by atoms with Crippen LogP contribution in [0, 0.1) is 5.92 Å². The number of aliphatic hydroxyl groups is 1. The Morgan fingerprint density at radius 2 is 2.06 bits per heavy atom. The topological polar surface area (TPSA) is 37.3 Å². The summed E-state index contributed by atoms with van der Waals surface area (Å²) in [5, 5.41) is 9.60. The predicted molar refractivity (Wildman–Crippen MR) is 63.7 cm³/mol. The molecule has 1 heterocycles. The lowest BCUT2D eigenvalue weighted by Crippen LogP contribution is -2.23. The molecule has 1 aromatic rings. The Balaban J connectivity index is 1.94. The lowest BCUT2D eigenvalue weighted by atomic mass is 9.97. The van der Waals surface area contributed by atoms with Crippen LogP contribution < -0.4 is 0 Å². The third-order valence-electron chi connectivity index (χ3n) is 4.11. The van der Waals surface area contributed by atoms with E-state index in [1.165, 1.54) is 0 Å². The zero-order valence-corrected chi connectivity index (χ0v) is 10.1. The molecule has 2 fully saturated rings. The highest BCUT2D eigenvalue weighted by atomic mass is 31.1. The molecule has 1 saturated carbocycles. The third kappa shape index (κ3) is 1.37. The van der Waals surface area contributed by atoms with Crippen LogP contribution in [0.2, 0.25) is 0 Å². The van der Waals surface area contributed by atoms with Gasteiger partial charge < -0.3 is 5.11 Å². The fraction of sp³-hybridized carbons (Fsp3) is 0.538. The summed E-state index contributed by atoms with van der Waals surface area (Å²) in [4.78, 5) is 0. The zero-order valence-electron chi connectivity index (χ0n) is 9.17. The van der Waals surface area contributed by atoms with Crippen LogP contribution in [0.1, 0.15) is 36.9 Å². The first-order chi connectivity index (χ1) is 7.72. The maximum atomic E-state index is 12.4. The maximum Gasteiger partial charge on any atom is 0.381 e. The van der Waals surface area contributed by atoms with E-state index < -0.39 is 13.1 Å². The van der Waals surface area contributed by atoms with E-state index in [1.54, 1.807) is 0 Å². The number of fused-ring (bicyclic) bond motifs is 1. The molecule has 3 rings (SSSR count). The van der Waals surface area contributed by atoms with E-state index >= 15 is 0 Å². The molecule has 4 unspecified atom stereocenters. The van der Waals surface area contributed by atoms with Gasteiger partial charge in [0.2, 0.25) is 0 Å². The van der Waals surface area contributed by atoms with Crippen LogP contribution in [-0.2, 0) is 4.57 Å². The Morgan fingerprint density at radius 3 is 2.75 bits per heavy atom. The lowest BCUT2D eigenvalue weighted by Gasteiger charge is -2.09. The molecule has 0 spiro atoms. The van der Waals surface area contributed by atoms with E-state index in [9.17, 15) is 9.67 Å². The molecule has 1 aromatic carbocycles. The van der Waals surface area contributed by atoms with Crippen molar-refractivity contribution in [3.8, 4) is 0 Å². The molecule has 84 valence electrons. The van der Waals surface area contributed by atoms with Gasteiger partial charge in [-0.3, -0.25) is 0 Å². The van der Waals surface area contributed by atoms with Gasteiger partial charge in [-0.25, -0.2) is 0 Å². The second-order valence-corrected chi connectivity index (χ2v) is 7.01. The standard InChI is InChI=1S/C13H16O2P/c14-13-8-4-7-11(13)9-12(16(13)15)10-5-2-1-3-6-10/h1-3,5-6,11-12,14H,4,7-9H2/q+1. The second kappa shape index (κ2) is 3.65. The van der Waals surface area contributed by atoms with Crippen molar-refractivity contribution >= 4 is 7.80 Å². The van der Waals surface area contributed by atoms with Crippen LogP contribution in [0.4, 0.5) is 0 Å². The molecule has 16 heavy (non-hydrogen) atoms. The molecule has 4 atom stereocenters. The van der Waals surface area contributed by atoms with Crippen LogP contribution in [-0.4, -0.2) is 10.4 Å². The first-order valence-corrected chi connectivity index (χ1v) is 7.28. The number of benzene rings is 1. The van der Waals surface area contributed by atoms with Crippen molar-refractivity contribution < 1.29 is 9.67 Å². The summed E-state index contributed by atoms with van der Waals surface area (Å²) in [7, 11) is -1.52. The van der Waals surface area contributed by atoms with Crippen LogP contribution >= 0.6 is 7.80 Å². The minimum atomic E-state index is -1.52. The molecule has 2 aliphatic rings. The number of rotatable bonds is 1. The maximum absolute atomic E-state index is 12.4. The molecule has 1 aliphatic heterocycles. The highest BCUT2D eigenvalue weighted by Crippen LogP contribution is 2.68. The highest BCUT2D eigenvalue weighted by Gasteiger charge is 2.66. The molecular weight excluding hydrogens is 219 g/mol. The third-order valence-corrected chi connectivity index (χ3v) is 6.54. The Hall–Kier alpha value is -0.720. The van der Waals surface area contributed by atoms with E-state index in [2.05, 4.69) is 0 Å². The van der Waals surface area contributed by atoms with Gasteiger partial charge >= 0.3 is 7.80 Å². The summed E-state index contributed by atoms with van der Waals surface area (Å²) in [6.07, 6.45) is 3.70. The molecule has 3 heteroatoms. The summed E-state index contributed by atoms with van der Waals surface area (Å²) >= 11 is 0. The van der Waals surface area contributed by atoms with Gasteiger partial charge in [0.1, 0.15) is 0 Å². The molecular formula is C13H16O2P+. The van der Waals surface area contributed by atoms with Gasteiger partial charge in [0, 0.05) is 24.3 Å². The smallest absolute Gasteiger partial charge is 0.348 e. The normalized spacial score (nSPS) is 39.9. The molecule has 1 N–H and O–H groups in total. The molecule has 0 radical (unpaired) electrons. The zero-order chi connectivity index (χ0) is 11.2. The van der Waals surface area contributed by atoms with Crippen molar-refractivity contribution in [2.45, 2.75) is 36.7 Å².